The van der Waals surface area contributed by atoms with Gasteiger partial charge in [0.25, 0.3) is 0 Å². The summed E-state index contributed by atoms with van der Waals surface area (Å²) < 4.78 is 0. The summed E-state index contributed by atoms with van der Waals surface area (Å²) in [6, 6.07) is 5.80. The van der Waals surface area contributed by atoms with Crippen LogP contribution in [-0.4, -0.2) is 10.5 Å². The van der Waals surface area contributed by atoms with Gasteiger partial charge < -0.3 is 0 Å². The van der Waals surface area contributed by atoms with E-state index in [4.69, 9.17) is 0 Å². The van der Waals surface area contributed by atoms with Crippen LogP contribution in [0.2, 0.25) is 0 Å². The van der Waals surface area contributed by atoms with E-state index in [-0.39, 0.29) is 5.75 Å². The van der Waals surface area contributed by atoms with Crippen LogP contribution in [0.25, 0.3) is 0 Å². The van der Waals surface area contributed by atoms with Crippen LogP contribution < -0.4 is 0 Å². The van der Waals surface area contributed by atoms with Crippen LogP contribution in [0.15, 0.2) is 28.0 Å². The summed E-state index contributed by atoms with van der Waals surface area (Å²) in [6.45, 7) is 8.41. The zero-order chi connectivity index (χ0) is 11.4. The molecular formula is C12H17OS2. The van der Waals surface area contributed by atoms with Crippen LogP contribution >= 0.6 is 23.5 Å². The molecule has 15 heavy (non-hydrogen) atoms. The lowest BCUT2D eigenvalue weighted by molar-refractivity contribution is 0.333. The topological polar surface area (TPSA) is 19.9 Å². The number of thioether (sulfide) groups is 2. The molecule has 0 unspecified atom stereocenters. The third-order valence-corrected chi connectivity index (χ3v) is 3.76. The van der Waals surface area contributed by atoms with E-state index in [2.05, 4.69) is 27.7 Å². The minimum Gasteiger partial charge on any atom is -0.287 e. The first kappa shape index (κ1) is 12.8. The minimum absolute atomic E-state index is 0.190. The molecule has 0 amide bonds. The molecule has 0 aliphatic heterocycles. The van der Waals surface area contributed by atoms with Gasteiger partial charge in [0, 0.05) is 10.5 Å². The van der Waals surface area contributed by atoms with Gasteiger partial charge in [-0.15, -0.1) is 23.5 Å². The van der Waals surface area contributed by atoms with E-state index in [1.54, 1.807) is 23.5 Å². The first-order chi connectivity index (χ1) is 7.00. The van der Waals surface area contributed by atoms with Gasteiger partial charge in [-0.25, -0.2) is 0 Å². The summed E-state index contributed by atoms with van der Waals surface area (Å²) >= 11 is 3.28. The van der Waals surface area contributed by atoms with Crippen molar-refractivity contribution < 1.29 is 5.11 Å². The standard InChI is InChI=1S/C12H17OS2/c1-8(2)14-10-6-5-7-11(12(10)13)15-9(3)4/h5-9H,1-4H3. The molecule has 1 radical (unpaired) electrons. The van der Waals surface area contributed by atoms with Crippen LogP contribution in [0.4, 0.5) is 0 Å². The molecule has 1 nitrogen and oxygen atoms in total. The van der Waals surface area contributed by atoms with Gasteiger partial charge in [0.2, 0.25) is 5.75 Å². The van der Waals surface area contributed by atoms with Crippen molar-refractivity contribution in [1.82, 2.24) is 0 Å². The second-order valence-electron chi connectivity index (χ2n) is 3.92. The average Bonchev–Trinajstić information content (AvgIpc) is 2.10. The van der Waals surface area contributed by atoms with E-state index < -0.39 is 0 Å². The number of rotatable bonds is 4. The van der Waals surface area contributed by atoms with E-state index in [1.807, 2.05) is 18.2 Å². The van der Waals surface area contributed by atoms with Crippen LogP contribution in [0.5, 0.6) is 5.75 Å². The van der Waals surface area contributed by atoms with Crippen molar-refractivity contribution in [3.05, 3.63) is 18.2 Å². The number of hydrogen-bond donors (Lipinski definition) is 0. The van der Waals surface area contributed by atoms with Crippen LogP contribution in [-0.2, 0) is 5.11 Å². The Hall–Kier alpha value is -0.280. The second-order valence-corrected chi connectivity index (χ2v) is 7.15. The summed E-state index contributed by atoms with van der Waals surface area (Å²) in [5.41, 5.74) is 0. The van der Waals surface area contributed by atoms with Crippen molar-refractivity contribution in [1.29, 1.82) is 0 Å². The van der Waals surface area contributed by atoms with E-state index in [0.29, 0.717) is 10.5 Å². The minimum atomic E-state index is 0.190. The van der Waals surface area contributed by atoms with Crippen molar-refractivity contribution in [3.8, 4) is 5.75 Å². The fraction of sp³-hybridized carbons (Fsp3) is 0.500. The normalized spacial score (nSPS) is 11.3. The van der Waals surface area contributed by atoms with Crippen molar-refractivity contribution in [3.63, 3.8) is 0 Å². The Bertz CT molecular complexity index is 293. The number of benzene rings is 1. The monoisotopic (exact) mass is 241 g/mol. The Balaban J connectivity index is 2.90. The van der Waals surface area contributed by atoms with Gasteiger partial charge >= 0.3 is 0 Å². The molecule has 0 spiro atoms. The smallest absolute Gasteiger partial charge is 0.205 e. The predicted octanol–water partition coefficient (Wildman–Crippen LogP) is 4.83. The summed E-state index contributed by atoms with van der Waals surface area (Å²) in [6.07, 6.45) is 0. The van der Waals surface area contributed by atoms with Gasteiger partial charge in [-0.3, -0.25) is 5.11 Å². The molecule has 1 rings (SSSR count). The molecule has 1 aromatic carbocycles. The molecule has 0 heterocycles. The molecular weight excluding hydrogens is 224 g/mol. The molecule has 0 aromatic heterocycles. The Morgan fingerprint density at radius 2 is 1.33 bits per heavy atom. The number of hydrogen-bond acceptors (Lipinski definition) is 2. The molecule has 0 N–H and O–H groups in total. The van der Waals surface area contributed by atoms with E-state index in [9.17, 15) is 5.11 Å². The quantitative estimate of drug-likeness (QED) is 0.703. The van der Waals surface area contributed by atoms with Gasteiger partial charge in [-0.05, 0) is 12.1 Å². The number of para-hydroxylation sites is 1. The average molecular weight is 241 g/mol. The lowest BCUT2D eigenvalue weighted by atomic mass is 10.3. The molecule has 0 aliphatic rings. The maximum absolute atomic E-state index is 12.0. The van der Waals surface area contributed by atoms with Crippen LogP contribution in [0, 0.1) is 0 Å². The summed E-state index contributed by atoms with van der Waals surface area (Å²) in [4.78, 5) is 1.74. The highest BCUT2D eigenvalue weighted by atomic mass is 32.2. The first-order valence-corrected chi connectivity index (χ1v) is 6.90. The molecule has 1 aromatic rings. The van der Waals surface area contributed by atoms with E-state index >= 15 is 0 Å². The van der Waals surface area contributed by atoms with Crippen LogP contribution in [0.3, 0.4) is 0 Å². The van der Waals surface area contributed by atoms with Gasteiger partial charge in [0.05, 0.1) is 9.79 Å². The van der Waals surface area contributed by atoms with Crippen molar-refractivity contribution in [2.75, 3.05) is 0 Å². The zero-order valence-corrected chi connectivity index (χ0v) is 11.2. The van der Waals surface area contributed by atoms with Gasteiger partial charge in [-0.1, -0.05) is 33.8 Å². The summed E-state index contributed by atoms with van der Waals surface area (Å²) in [7, 11) is 0. The fourth-order valence-corrected chi connectivity index (χ4v) is 3.02. The van der Waals surface area contributed by atoms with Gasteiger partial charge in [-0.2, -0.15) is 0 Å². The highest BCUT2D eigenvalue weighted by Crippen LogP contribution is 2.40. The SMILES string of the molecule is CC(C)Sc1cccc(SC(C)C)c1[O]. The Morgan fingerprint density at radius 1 is 0.933 bits per heavy atom. The van der Waals surface area contributed by atoms with Gasteiger partial charge in [0.15, 0.2) is 0 Å². The maximum Gasteiger partial charge on any atom is 0.205 e. The zero-order valence-electron chi connectivity index (χ0n) is 9.61. The first-order valence-electron chi connectivity index (χ1n) is 5.14. The Labute approximate surface area is 101 Å². The van der Waals surface area contributed by atoms with Crippen LogP contribution in [0.1, 0.15) is 27.7 Å². The Kier molecular flexibility index (Phi) is 4.87. The predicted molar refractivity (Wildman–Crippen MR) is 68.6 cm³/mol. The third kappa shape index (κ3) is 3.99. The summed E-state index contributed by atoms with van der Waals surface area (Å²) in [5.74, 6) is 0.190. The fourth-order valence-electron chi connectivity index (χ4n) is 1.19. The molecule has 0 atom stereocenters. The molecule has 0 saturated heterocycles. The highest BCUT2D eigenvalue weighted by molar-refractivity contribution is 8.00. The highest BCUT2D eigenvalue weighted by Gasteiger charge is 2.12. The largest absolute Gasteiger partial charge is 0.287 e. The molecule has 3 heteroatoms. The van der Waals surface area contributed by atoms with Crippen molar-refractivity contribution >= 4 is 23.5 Å². The Morgan fingerprint density at radius 3 is 1.67 bits per heavy atom. The molecule has 0 bridgehead atoms. The van der Waals surface area contributed by atoms with E-state index in [1.165, 1.54) is 0 Å². The maximum atomic E-state index is 12.0. The van der Waals surface area contributed by atoms with Gasteiger partial charge in [0.1, 0.15) is 0 Å². The van der Waals surface area contributed by atoms with E-state index in [0.717, 1.165) is 9.79 Å². The third-order valence-electron chi connectivity index (χ3n) is 1.67. The molecule has 83 valence electrons. The molecule has 0 saturated carbocycles. The lowest BCUT2D eigenvalue weighted by Crippen LogP contribution is -1.89. The molecule has 0 aliphatic carbocycles. The summed E-state index contributed by atoms with van der Waals surface area (Å²) in [5, 5.41) is 12.9. The second kappa shape index (κ2) is 5.71. The lowest BCUT2D eigenvalue weighted by Gasteiger charge is -2.10. The van der Waals surface area contributed by atoms with Crippen molar-refractivity contribution in [2.45, 2.75) is 48.0 Å². The molecule has 0 fully saturated rings. The van der Waals surface area contributed by atoms with Crippen molar-refractivity contribution in [2.24, 2.45) is 0 Å².